The van der Waals surface area contributed by atoms with Crippen LogP contribution in [0.3, 0.4) is 0 Å². The van der Waals surface area contributed by atoms with E-state index in [-0.39, 0.29) is 23.3 Å². The number of benzene rings is 1. The Morgan fingerprint density at radius 3 is 2.58 bits per heavy atom. The highest BCUT2D eigenvalue weighted by Crippen LogP contribution is 2.34. The number of nitrogens with zero attached hydrogens (tertiary/aromatic N) is 4. The first kappa shape index (κ1) is 20.5. The van der Waals surface area contributed by atoms with E-state index in [1.54, 1.807) is 24.4 Å². The summed E-state index contributed by atoms with van der Waals surface area (Å²) in [6, 6.07) is 13.2. The molecule has 0 aliphatic rings. The van der Waals surface area contributed by atoms with Crippen molar-refractivity contribution in [3.63, 3.8) is 0 Å². The van der Waals surface area contributed by atoms with Crippen LogP contribution in [0.5, 0.6) is 11.6 Å². The zero-order valence-corrected chi connectivity index (χ0v) is 16.8. The molecule has 0 aliphatic carbocycles. The van der Waals surface area contributed by atoms with Gasteiger partial charge in [-0.3, -0.25) is 4.98 Å². The number of nitrogens with two attached hydrogens (primary N) is 1. The molecule has 0 unspecified atom stereocenters. The van der Waals surface area contributed by atoms with Crippen LogP contribution in [-0.2, 0) is 5.75 Å². The summed E-state index contributed by atoms with van der Waals surface area (Å²) in [5.74, 6) is -1.89. The summed E-state index contributed by atoms with van der Waals surface area (Å²) in [5, 5.41) is 0. The maximum absolute atomic E-state index is 14.7. The lowest BCUT2D eigenvalue weighted by Gasteiger charge is -2.12. The lowest BCUT2D eigenvalue weighted by molar-refractivity contribution is 0.408. The van der Waals surface area contributed by atoms with E-state index in [0.717, 1.165) is 5.69 Å². The highest BCUT2D eigenvalue weighted by atomic mass is 32.2. The van der Waals surface area contributed by atoms with Gasteiger partial charge in [-0.15, -0.1) is 0 Å². The molecular formula is C21H16F2N6OS. The van der Waals surface area contributed by atoms with E-state index in [2.05, 4.69) is 24.7 Å². The van der Waals surface area contributed by atoms with Gasteiger partial charge in [0.1, 0.15) is 0 Å². The Morgan fingerprint density at radius 1 is 0.903 bits per heavy atom. The van der Waals surface area contributed by atoms with Crippen molar-refractivity contribution in [2.45, 2.75) is 5.75 Å². The van der Waals surface area contributed by atoms with Gasteiger partial charge in [0, 0.05) is 18.6 Å². The van der Waals surface area contributed by atoms with Crippen molar-refractivity contribution in [3.05, 3.63) is 84.4 Å². The number of rotatable bonds is 7. The van der Waals surface area contributed by atoms with Gasteiger partial charge < -0.3 is 15.2 Å². The van der Waals surface area contributed by atoms with Gasteiger partial charge in [-0.1, -0.05) is 6.07 Å². The largest absolute Gasteiger partial charge is 0.435 e. The Hall–Kier alpha value is -3.79. The number of halogens is 2. The van der Waals surface area contributed by atoms with Gasteiger partial charge in [-0.2, -0.15) is 4.39 Å². The molecule has 3 N–H and O–H groups in total. The van der Waals surface area contributed by atoms with Crippen LogP contribution in [0.4, 0.5) is 20.4 Å². The summed E-state index contributed by atoms with van der Waals surface area (Å²) in [6.45, 7) is 0. The van der Waals surface area contributed by atoms with Crippen molar-refractivity contribution < 1.29 is 13.5 Å². The van der Waals surface area contributed by atoms with E-state index in [0.29, 0.717) is 17.0 Å². The molecule has 4 rings (SSSR count). The molecule has 0 atom stereocenters. The third-order valence-electron chi connectivity index (χ3n) is 4.10. The molecule has 0 fully saturated rings. The van der Waals surface area contributed by atoms with Crippen LogP contribution < -0.4 is 15.2 Å². The number of pyridine rings is 2. The number of nitrogen functional groups attached to an aromatic ring is 1. The molecule has 31 heavy (non-hydrogen) atoms. The first-order valence-electron chi connectivity index (χ1n) is 9.09. The summed E-state index contributed by atoms with van der Waals surface area (Å²) in [5.41, 5.74) is 7.35. The summed E-state index contributed by atoms with van der Waals surface area (Å²) >= 11 is 1.19. The number of hydrogen-bond acceptors (Lipinski definition) is 8. The Morgan fingerprint density at radius 2 is 1.77 bits per heavy atom. The number of ether oxygens (including phenoxy) is 1. The monoisotopic (exact) mass is 438 g/mol. The number of anilines is 2. The van der Waals surface area contributed by atoms with Crippen molar-refractivity contribution in [3.8, 4) is 22.9 Å². The van der Waals surface area contributed by atoms with Gasteiger partial charge in [-0.25, -0.2) is 19.3 Å². The first-order valence-corrected chi connectivity index (χ1v) is 10.1. The lowest BCUT2D eigenvalue weighted by Crippen LogP contribution is -2.00. The van der Waals surface area contributed by atoms with Gasteiger partial charge in [0.15, 0.2) is 11.6 Å². The predicted molar refractivity (Wildman–Crippen MR) is 115 cm³/mol. The predicted octanol–water partition coefficient (Wildman–Crippen LogP) is 4.85. The molecule has 7 nitrogen and oxygen atoms in total. The Bertz CT molecular complexity index is 1200. The van der Waals surface area contributed by atoms with Crippen LogP contribution in [0, 0.1) is 11.6 Å². The molecule has 0 radical (unpaired) electrons. The van der Waals surface area contributed by atoms with E-state index in [1.807, 2.05) is 18.2 Å². The van der Waals surface area contributed by atoms with Crippen molar-refractivity contribution >= 4 is 23.6 Å². The van der Waals surface area contributed by atoms with Crippen molar-refractivity contribution in [2.24, 2.45) is 0 Å². The second-order valence-corrected chi connectivity index (χ2v) is 6.99. The van der Waals surface area contributed by atoms with Crippen LogP contribution in [0.25, 0.3) is 11.3 Å². The molecule has 156 valence electrons. The van der Waals surface area contributed by atoms with Crippen LogP contribution in [0.1, 0.15) is 5.69 Å². The molecule has 0 saturated heterocycles. The average Bonchev–Trinajstić information content (AvgIpc) is 2.79. The molecule has 3 aromatic heterocycles. The minimum absolute atomic E-state index is 0.00407. The molecular weight excluding hydrogens is 422 g/mol. The van der Waals surface area contributed by atoms with Crippen molar-refractivity contribution in [1.29, 1.82) is 0 Å². The number of aromatic nitrogens is 4. The summed E-state index contributed by atoms with van der Waals surface area (Å²) in [4.78, 5) is 16.3. The topological polar surface area (TPSA) is 98.8 Å². The zero-order valence-electron chi connectivity index (χ0n) is 16.0. The van der Waals surface area contributed by atoms with Crippen LogP contribution >= 0.6 is 11.9 Å². The van der Waals surface area contributed by atoms with Crippen molar-refractivity contribution in [1.82, 2.24) is 19.9 Å². The van der Waals surface area contributed by atoms with Crippen LogP contribution in [-0.4, -0.2) is 19.9 Å². The summed E-state index contributed by atoms with van der Waals surface area (Å²) in [7, 11) is 0. The fraction of sp³-hybridized carbons (Fsp3) is 0.0476. The first-order chi connectivity index (χ1) is 15.1. The van der Waals surface area contributed by atoms with Gasteiger partial charge in [0.2, 0.25) is 17.6 Å². The normalized spacial score (nSPS) is 10.6. The third-order valence-corrected chi connectivity index (χ3v) is 4.91. The minimum Gasteiger partial charge on any atom is -0.435 e. The molecule has 0 amide bonds. The molecule has 0 spiro atoms. The second kappa shape index (κ2) is 9.35. The molecule has 0 bridgehead atoms. The van der Waals surface area contributed by atoms with Gasteiger partial charge >= 0.3 is 0 Å². The molecule has 3 heterocycles. The maximum Gasteiger partial charge on any atom is 0.228 e. The average molecular weight is 438 g/mol. The van der Waals surface area contributed by atoms with Gasteiger partial charge in [0.25, 0.3) is 0 Å². The SMILES string of the molecule is Nc1nccc(-c2cccnc2Oc2ccc(NSCc3ccccn3)c(F)c2F)n1. The Kier molecular flexibility index (Phi) is 6.18. The van der Waals surface area contributed by atoms with Gasteiger partial charge in [-0.05, 0) is 54.4 Å². The van der Waals surface area contributed by atoms with E-state index < -0.39 is 11.6 Å². The third kappa shape index (κ3) is 4.86. The molecule has 0 saturated carbocycles. The molecule has 4 aromatic rings. The fourth-order valence-electron chi connectivity index (χ4n) is 2.66. The van der Waals surface area contributed by atoms with Crippen molar-refractivity contribution in [2.75, 3.05) is 10.5 Å². The Labute approximate surface area is 180 Å². The quantitative estimate of drug-likeness (QED) is 0.395. The lowest BCUT2D eigenvalue weighted by atomic mass is 10.2. The fourth-order valence-corrected chi connectivity index (χ4v) is 3.36. The summed E-state index contributed by atoms with van der Waals surface area (Å²) < 4.78 is 37.6. The molecule has 0 aliphatic heterocycles. The van der Waals surface area contributed by atoms with E-state index in [1.165, 1.54) is 36.5 Å². The number of nitrogens with one attached hydrogen (secondary N) is 1. The highest BCUT2D eigenvalue weighted by molar-refractivity contribution is 7.99. The minimum atomic E-state index is -1.14. The molecule has 1 aromatic carbocycles. The van der Waals surface area contributed by atoms with E-state index in [9.17, 15) is 8.78 Å². The van der Waals surface area contributed by atoms with E-state index in [4.69, 9.17) is 10.5 Å². The zero-order chi connectivity index (χ0) is 21.6. The van der Waals surface area contributed by atoms with Crippen LogP contribution in [0.15, 0.2) is 67.1 Å². The Balaban J connectivity index is 1.52. The number of hydrogen-bond donors (Lipinski definition) is 2. The molecule has 10 heteroatoms. The standard InChI is InChI=1S/C21H16F2N6OS/c22-18-16(29-31-12-13-4-1-2-9-25-13)6-7-17(19(18)23)30-20-14(5-3-10-26-20)15-8-11-27-21(24)28-15/h1-11,29H,12H2,(H2,24,27,28). The smallest absolute Gasteiger partial charge is 0.228 e. The van der Waals surface area contributed by atoms with E-state index >= 15 is 0 Å². The van der Waals surface area contributed by atoms with Crippen LogP contribution in [0.2, 0.25) is 0 Å². The maximum atomic E-state index is 14.7. The second-order valence-electron chi connectivity index (χ2n) is 6.21. The van der Waals surface area contributed by atoms with Gasteiger partial charge in [0.05, 0.1) is 28.4 Å². The highest BCUT2D eigenvalue weighted by Gasteiger charge is 2.18. The summed E-state index contributed by atoms with van der Waals surface area (Å²) in [6.07, 6.45) is 4.63.